The van der Waals surface area contributed by atoms with E-state index in [1.807, 2.05) is 6.20 Å². The molecule has 23 heavy (non-hydrogen) atoms. The monoisotopic (exact) mass is 309 g/mol. The van der Waals surface area contributed by atoms with Crippen LogP contribution in [-0.2, 0) is 6.54 Å². The van der Waals surface area contributed by atoms with Crippen LogP contribution < -0.4 is 5.32 Å². The van der Waals surface area contributed by atoms with E-state index in [0.29, 0.717) is 12.0 Å². The van der Waals surface area contributed by atoms with Crippen molar-refractivity contribution in [2.24, 2.45) is 11.8 Å². The summed E-state index contributed by atoms with van der Waals surface area (Å²) in [4.78, 5) is 15.7. The average Bonchev–Trinajstić information content (AvgIpc) is 3.10. The number of fused-ring (bicyclic) bond motifs is 1. The van der Waals surface area contributed by atoms with Gasteiger partial charge in [-0.1, -0.05) is 6.07 Å². The van der Waals surface area contributed by atoms with Crippen LogP contribution >= 0.6 is 0 Å². The first-order valence-corrected chi connectivity index (χ1v) is 8.45. The van der Waals surface area contributed by atoms with Crippen molar-refractivity contribution < 1.29 is 0 Å². The van der Waals surface area contributed by atoms with Crippen molar-refractivity contribution in [1.82, 2.24) is 19.9 Å². The number of nitrogens with one attached hydrogen (secondary N) is 1. The van der Waals surface area contributed by atoms with Crippen LogP contribution in [0.5, 0.6) is 0 Å². The first kappa shape index (κ1) is 14.6. The van der Waals surface area contributed by atoms with Crippen LogP contribution in [-0.4, -0.2) is 39.0 Å². The van der Waals surface area contributed by atoms with Crippen molar-refractivity contribution in [2.75, 3.05) is 18.4 Å². The maximum absolute atomic E-state index is 4.64. The van der Waals surface area contributed by atoms with E-state index >= 15 is 0 Å². The largest absolute Gasteiger partial charge is 0.366 e. The number of hydrogen-bond donors (Lipinski definition) is 1. The molecule has 120 valence electrons. The molecule has 2 aromatic rings. The first-order chi connectivity index (χ1) is 11.3. The number of likely N-dealkylation sites (tertiary alicyclic amines) is 1. The van der Waals surface area contributed by atoms with Crippen molar-refractivity contribution >= 4 is 5.82 Å². The Hall–Kier alpha value is -2.01. The minimum Gasteiger partial charge on any atom is -0.366 e. The fourth-order valence-electron chi connectivity index (χ4n) is 4.15. The standard InChI is InChI=1S/C18H23N5/c1-13-3-2-4-15(21-13)11-23-10-14-5-6-17(16(14)12-23)22-18-9-19-7-8-20-18/h2-4,7-9,14,16-17H,5-6,10-12H2,1H3,(H,20,22)/t14-,16+,17+/m0/s1. The van der Waals surface area contributed by atoms with Crippen LogP contribution in [0.1, 0.15) is 24.2 Å². The maximum Gasteiger partial charge on any atom is 0.144 e. The fraction of sp³-hybridized carbons (Fsp3) is 0.500. The molecule has 5 heteroatoms. The molecule has 1 saturated carbocycles. The fourth-order valence-corrected chi connectivity index (χ4v) is 4.15. The zero-order valence-electron chi connectivity index (χ0n) is 13.5. The minimum absolute atomic E-state index is 0.521. The number of rotatable bonds is 4. The molecule has 1 saturated heterocycles. The van der Waals surface area contributed by atoms with Gasteiger partial charge < -0.3 is 5.32 Å². The van der Waals surface area contributed by atoms with E-state index < -0.39 is 0 Å². The quantitative estimate of drug-likeness (QED) is 0.940. The first-order valence-electron chi connectivity index (χ1n) is 8.45. The molecule has 0 bridgehead atoms. The van der Waals surface area contributed by atoms with Crippen LogP contribution in [0.2, 0.25) is 0 Å². The summed E-state index contributed by atoms with van der Waals surface area (Å²) in [6, 6.07) is 6.82. The van der Waals surface area contributed by atoms with Gasteiger partial charge >= 0.3 is 0 Å². The number of aromatic nitrogens is 3. The second-order valence-corrected chi connectivity index (χ2v) is 6.81. The van der Waals surface area contributed by atoms with Crippen LogP contribution in [0.25, 0.3) is 0 Å². The second-order valence-electron chi connectivity index (χ2n) is 6.81. The van der Waals surface area contributed by atoms with Crippen LogP contribution in [0.4, 0.5) is 5.82 Å². The molecule has 1 N–H and O–H groups in total. The van der Waals surface area contributed by atoms with Gasteiger partial charge in [0.05, 0.1) is 11.9 Å². The number of pyridine rings is 1. The lowest BCUT2D eigenvalue weighted by atomic mass is 9.98. The third-order valence-corrected chi connectivity index (χ3v) is 5.16. The lowest BCUT2D eigenvalue weighted by Crippen LogP contribution is -2.30. The summed E-state index contributed by atoms with van der Waals surface area (Å²) in [6.07, 6.45) is 7.83. The summed E-state index contributed by atoms with van der Waals surface area (Å²) in [5.74, 6) is 2.41. The van der Waals surface area contributed by atoms with Gasteiger partial charge in [0.15, 0.2) is 0 Å². The van der Waals surface area contributed by atoms with E-state index in [0.717, 1.165) is 30.5 Å². The zero-order chi connectivity index (χ0) is 15.6. The molecule has 0 spiro atoms. The molecule has 5 nitrogen and oxygen atoms in total. The Morgan fingerprint density at radius 2 is 2.17 bits per heavy atom. The maximum atomic E-state index is 4.64. The molecular formula is C18H23N5. The molecular weight excluding hydrogens is 286 g/mol. The van der Waals surface area contributed by atoms with E-state index in [4.69, 9.17) is 0 Å². The van der Waals surface area contributed by atoms with E-state index in [1.54, 1.807) is 12.4 Å². The highest BCUT2D eigenvalue weighted by molar-refractivity contribution is 5.32. The van der Waals surface area contributed by atoms with Gasteiger partial charge in [-0.15, -0.1) is 0 Å². The molecule has 3 heterocycles. The second kappa shape index (κ2) is 6.24. The molecule has 2 aromatic heterocycles. The summed E-state index contributed by atoms with van der Waals surface area (Å²) < 4.78 is 0. The molecule has 0 aromatic carbocycles. The number of nitrogens with zero attached hydrogens (tertiary/aromatic N) is 4. The van der Waals surface area contributed by atoms with Gasteiger partial charge in [0, 0.05) is 43.8 Å². The van der Waals surface area contributed by atoms with E-state index in [-0.39, 0.29) is 0 Å². The van der Waals surface area contributed by atoms with Crippen LogP contribution in [0.15, 0.2) is 36.8 Å². The van der Waals surface area contributed by atoms with E-state index in [2.05, 4.69) is 50.3 Å². The Morgan fingerprint density at radius 1 is 1.22 bits per heavy atom. The minimum atomic E-state index is 0.521. The molecule has 2 fully saturated rings. The Morgan fingerprint density at radius 3 is 3.00 bits per heavy atom. The van der Waals surface area contributed by atoms with Crippen molar-refractivity contribution in [2.45, 2.75) is 32.4 Å². The molecule has 4 rings (SSSR count). The number of anilines is 1. The van der Waals surface area contributed by atoms with Gasteiger partial charge in [0.2, 0.25) is 0 Å². The molecule has 2 aliphatic rings. The van der Waals surface area contributed by atoms with Crippen molar-refractivity contribution in [3.8, 4) is 0 Å². The predicted molar refractivity (Wildman–Crippen MR) is 89.9 cm³/mol. The van der Waals surface area contributed by atoms with Gasteiger partial charge in [-0.25, -0.2) is 4.98 Å². The van der Waals surface area contributed by atoms with Crippen LogP contribution in [0, 0.1) is 18.8 Å². The van der Waals surface area contributed by atoms with Crippen molar-refractivity contribution in [1.29, 1.82) is 0 Å². The molecule has 0 amide bonds. The molecule has 1 aliphatic carbocycles. The lowest BCUT2D eigenvalue weighted by molar-refractivity contribution is 0.296. The summed E-state index contributed by atoms with van der Waals surface area (Å²) in [6.45, 7) is 5.37. The zero-order valence-corrected chi connectivity index (χ0v) is 13.5. The highest BCUT2D eigenvalue weighted by atomic mass is 15.2. The summed E-state index contributed by atoms with van der Waals surface area (Å²) in [5.41, 5.74) is 2.28. The highest BCUT2D eigenvalue weighted by Crippen LogP contribution is 2.39. The molecule has 1 aliphatic heterocycles. The van der Waals surface area contributed by atoms with Crippen molar-refractivity contribution in [3.63, 3.8) is 0 Å². The van der Waals surface area contributed by atoms with Gasteiger partial charge in [0.1, 0.15) is 5.82 Å². The van der Waals surface area contributed by atoms with E-state index in [9.17, 15) is 0 Å². The summed E-state index contributed by atoms with van der Waals surface area (Å²) in [5, 5.41) is 3.59. The molecule has 0 radical (unpaired) electrons. The topological polar surface area (TPSA) is 53.9 Å². The Balaban J connectivity index is 1.39. The smallest absolute Gasteiger partial charge is 0.144 e. The Labute approximate surface area is 137 Å². The van der Waals surface area contributed by atoms with Crippen LogP contribution in [0.3, 0.4) is 0 Å². The highest BCUT2D eigenvalue weighted by Gasteiger charge is 2.42. The van der Waals surface area contributed by atoms with E-state index in [1.165, 1.54) is 25.1 Å². The number of aryl methyl sites for hydroxylation is 1. The average molecular weight is 309 g/mol. The Kier molecular flexibility index (Phi) is 3.95. The predicted octanol–water partition coefficient (Wildman–Crippen LogP) is 2.50. The van der Waals surface area contributed by atoms with Gasteiger partial charge in [-0.05, 0) is 43.7 Å². The third-order valence-electron chi connectivity index (χ3n) is 5.16. The third kappa shape index (κ3) is 3.20. The summed E-state index contributed by atoms with van der Waals surface area (Å²) in [7, 11) is 0. The Bertz CT molecular complexity index is 659. The van der Waals surface area contributed by atoms with Crippen molar-refractivity contribution in [3.05, 3.63) is 48.2 Å². The lowest BCUT2D eigenvalue weighted by Gasteiger charge is -2.22. The SMILES string of the molecule is Cc1cccc(CN2C[C@@H]3CC[C@@H](Nc4cnccn4)[C@@H]3C2)n1. The molecule has 0 unspecified atom stereocenters. The number of hydrogen-bond acceptors (Lipinski definition) is 5. The normalized spacial score (nSPS) is 27.1. The summed E-state index contributed by atoms with van der Waals surface area (Å²) >= 11 is 0. The van der Waals surface area contributed by atoms with Gasteiger partial charge in [-0.3, -0.25) is 14.9 Å². The van der Waals surface area contributed by atoms with Gasteiger partial charge in [0.25, 0.3) is 0 Å². The van der Waals surface area contributed by atoms with Gasteiger partial charge in [-0.2, -0.15) is 0 Å². The molecule has 3 atom stereocenters.